The molecule has 1 aromatic carbocycles. The van der Waals surface area contributed by atoms with Crippen LogP contribution < -0.4 is 10.1 Å². The van der Waals surface area contributed by atoms with E-state index in [4.69, 9.17) is 23.7 Å². The van der Waals surface area contributed by atoms with Gasteiger partial charge in [0, 0.05) is 0 Å². The zero-order chi connectivity index (χ0) is 22.5. The van der Waals surface area contributed by atoms with Gasteiger partial charge in [0.05, 0.1) is 19.8 Å². The van der Waals surface area contributed by atoms with Crippen LogP contribution in [-0.2, 0) is 30.2 Å². The lowest BCUT2D eigenvalue weighted by molar-refractivity contribution is -0.170. The van der Waals surface area contributed by atoms with Crippen molar-refractivity contribution in [1.82, 2.24) is 5.32 Å². The molecular weight excluding hydrogens is 390 g/mol. The number of hydrogen-bond donors (Lipinski definition) is 1. The number of rotatable bonds is 7. The zero-order valence-electron chi connectivity index (χ0n) is 18.8. The first-order chi connectivity index (χ1) is 13.9. The summed E-state index contributed by atoms with van der Waals surface area (Å²) in [7, 11) is 1.59. The van der Waals surface area contributed by atoms with Gasteiger partial charge in [-0.15, -0.1) is 0 Å². The van der Waals surface area contributed by atoms with Gasteiger partial charge < -0.3 is 29.0 Å². The first-order valence-corrected chi connectivity index (χ1v) is 10.1. The fourth-order valence-corrected chi connectivity index (χ4v) is 3.21. The number of methoxy groups -OCH3 is 1. The fraction of sp³-hybridized carbons (Fsp3) is 0.636. The third-order valence-corrected chi connectivity index (χ3v) is 4.36. The Hall–Kier alpha value is -2.32. The van der Waals surface area contributed by atoms with E-state index in [0.29, 0.717) is 6.42 Å². The highest BCUT2D eigenvalue weighted by Crippen LogP contribution is 2.32. The molecule has 30 heavy (non-hydrogen) atoms. The van der Waals surface area contributed by atoms with Crippen molar-refractivity contribution < 1.29 is 33.3 Å². The number of benzene rings is 1. The van der Waals surface area contributed by atoms with E-state index in [0.717, 1.165) is 11.3 Å². The summed E-state index contributed by atoms with van der Waals surface area (Å²) in [6.07, 6.45) is -1.94. The molecule has 0 aliphatic carbocycles. The second-order valence-electron chi connectivity index (χ2n) is 8.58. The molecule has 1 amide bonds. The summed E-state index contributed by atoms with van der Waals surface area (Å²) >= 11 is 0. The van der Waals surface area contributed by atoms with Crippen LogP contribution in [0.5, 0.6) is 5.75 Å². The van der Waals surface area contributed by atoms with Gasteiger partial charge in [-0.05, 0) is 65.7 Å². The van der Waals surface area contributed by atoms with E-state index in [2.05, 4.69) is 5.32 Å². The number of alkyl carbamates (subject to hydrolysis) is 1. The lowest BCUT2D eigenvalue weighted by Gasteiger charge is -2.28. The van der Waals surface area contributed by atoms with Gasteiger partial charge in [-0.25, -0.2) is 9.59 Å². The summed E-state index contributed by atoms with van der Waals surface area (Å²) in [5.74, 6) is -0.809. The van der Waals surface area contributed by atoms with Crippen molar-refractivity contribution in [1.29, 1.82) is 0 Å². The molecule has 1 aromatic rings. The third kappa shape index (κ3) is 6.88. The summed E-state index contributed by atoms with van der Waals surface area (Å²) < 4.78 is 27.6. The molecule has 0 unspecified atom stereocenters. The van der Waals surface area contributed by atoms with E-state index in [1.165, 1.54) is 0 Å². The number of ether oxygens (including phenoxy) is 5. The molecule has 0 aromatic heterocycles. The Bertz CT molecular complexity index is 724. The molecule has 0 saturated carbocycles. The Kier molecular flexibility index (Phi) is 7.71. The van der Waals surface area contributed by atoms with Gasteiger partial charge in [0.25, 0.3) is 0 Å². The van der Waals surface area contributed by atoms with E-state index >= 15 is 0 Å². The Labute approximate surface area is 178 Å². The molecule has 0 spiro atoms. The van der Waals surface area contributed by atoms with E-state index < -0.39 is 41.7 Å². The highest BCUT2D eigenvalue weighted by atomic mass is 16.8. The standard InChI is InChI=1S/C22H33NO7/c1-8-27-19(24)18-17(28-22(5,6)29-18)16(23-20(25)30-21(2,3)4)13-14-9-11-15(26-7)12-10-14/h9-12,16-18H,8,13H2,1-7H3,(H,23,25)/t16-,17+,18-/m1/s1. The lowest BCUT2D eigenvalue weighted by Crippen LogP contribution is -2.52. The molecule has 0 bridgehead atoms. The molecule has 1 fully saturated rings. The van der Waals surface area contributed by atoms with Crippen LogP contribution in [0.2, 0.25) is 0 Å². The van der Waals surface area contributed by atoms with Crippen molar-refractivity contribution in [2.45, 2.75) is 77.6 Å². The quantitative estimate of drug-likeness (QED) is 0.673. The van der Waals surface area contributed by atoms with Crippen molar-refractivity contribution in [3.8, 4) is 5.75 Å². The fourth-order valence-electron chi connectivity index (χ4n) is 3.21. The summed E-state index contributed by atoms with van der Waals surface area (Å²) in [6, 6.07) is 6.85. The smallest absolute Gasteiger partial charge is 0.407 e. The third-order valence-electron chi connectivity index (χ3n) is 4.36. The van der Waals surface area contributed by atoms with Crippen LogP contribution >= 0.6 is 0 Å². The topological polar surface area (TPSA) is 92.3 Å². The maximum absolute atomic E-state index is 12.5. The van der Waals surface area contributed by atoms with Crippen LogP contribution in [0.4, 0.5) is 4.79 Å². The van der Waals surface area contributed by atoms with E-state index in [-0.39, 0.29) is 6.61 Å². The first kappa shape index (κ1) is 24.0. The molecule has 3 atom stereocenters. The minimum Gasteiger partial charge on any atom is -0.497 e. The van der Waals surface area contributed by atoms with E-state index in [9.17, 15) is 9.59 Å². The molecular formula is C22H33NO7. The molecule has 8 nitrogen and oxygen atoms in total. The average Bonchev–Trinajstić information content (AvgIpc) is 2.96. The second-order valence-corrected chi connectivity index (χ2v) is 8.58. The number of nitrogens with one attached hydrogen (secondary N) is 1. The molecule has 1 N–H and O–H groups in total. The highest BCUT2D eigenvalue weighted by molar-refractivity contribution is 5.76. The van der Waals surface area contributed by atoms with Crippen molar-refractivity contribution in [2.75, 3.05) is 13.7 Å². The van der Waals surface area contributed by atoms with Gasteiger partial charge in [0.2, 0.25) is 0 Å². The van der Waals surface area contributed by atoms with Gasteiger partial charge >= 0.3 is 12.1 Å². The van der Waals surface area contributed by atoms with Gasteiger partial charge in [0.15, 0.2) is 11.9 Å². The zero-order valence-corrected chi connectivity index (χ0v) is 18.8. The summed E-state index contributed by atoms with van der Waals surface area (Å²) in [4.78, 5) is 25.0. The van der Waals surface area contributed by atoms with E-state index in [1.54, 1.807) is 48.7 Å². The number of carbonyl (C=O) groups excluding carboxylic acids is 2. The van der Waals surface area contributed by atoms with Crippen LogP contribution in [0, 0.1) is 0 Å². The maximum atomic E-state index is 12.5. The monoisotopic (exact) mass is 423 g/mol. The SMILES string of the molecule is CCOC(=O)[C@@H]1OC(C)(C)O[C@H]1[C@@H](Cc1ccc(OC)cc1)NC(=O)OC(C)(C)C. The van der Waals surface area contributed by atoms with Crippen molar-refractivity contribution in [3.05, 3.63) is 29.8 Å². The highest BCUT2D eigenvalue weighted by Gasteiger charge is 2.50. The van der Waals surface area contributed by atoms with Gasteiger partial charge in [-0.2, -0.15) is 0 Å². The molecule has 1 aliphatic heterocycles. The van der Waals surface area contributed by atoms with Crippen LogP contribution in [0.15, 0.2) is 24.3 Å². The Morgan fingerprint density at radius 3 is 2.33 bits per heavy atom. The predicted molar refractivity (Wildman–Crippen MR) is 110 cm³/mol. The van der Waals surface area contributed by atoms with Gasteiger partial charge in [-0.1, -0.05) is 12.1 Å². The summed E-state index contributed by atoms with van der Waals surface area (Å²) in [6.45, 7) is 10.7. The first-order valence-electron chi connectivity index (χ1n) is 10.1. The average molecular weight is 424 g/mol. The Morgan fingerprint density at radius 2 is 1.80 bits per heavy atom. The molecule has 2 rings (SSSR count). The van der Waals surface area contributed by atoms with Crippen LogP contribution in [0.25, 0.3) is 0 Å². The number of carbonyl (C=O) groups is 2. The molecule has 8 heteroatoms. The summed E-state index contributed by atoms with van der Waals surface area (Å²) in [5.41, 5.74) is 0.259. The van der Waals surface area contributed by atoms with Crippen molar-refractivity contribution in [2.24, 2.45) is 0 Å². The van der Waals surface area contributed by atoms with Crippen LogP contribution in [0.3, 0.4) is 0 Å². The largest absolute Gasteiger partial charge is 0.497 e. The van der Waals surface area contributed by atoms with Gasteiger partial charge in [0.1, 0.15) is 17.5 Å². The maximum Gasteiger partial charge on any atom is 0.407 e. The van der Waals surface area contributed by atoms with E-state index in [1.807, 2.05) is 24.3 Å². The minimum absolute atomic E-state index is 0.217. The minimum atomic E-state index is -1.00. The number of amides is 1. The van der Waals surface area contributed by atoms with Crippen molar-refractivity contribution in [3.63, 3.8) is 0 Å². The normalized spacial score (nSPS) is 21.6. The van der Waals surface area contributed by atoms with Crippen LogP contribution in [0.1, 0.15) is 47.1 Å². The van der Waals surface area contributed by atoms with Crippen molar-refractivity contribution >= 4 is 12.1 Å². The molecule has 168 valence electrons. The number of hydrogen-bond acceptors (Lipinski definition) is 7. The lowest BCUT2D eigenvalue weighted by atomic mass is 9.97. The van der Waals surface area contributed by atoms with Gasteiger partial charge in [-0.3, -0.25) is 0 Å². The summed E-state index contributed by atoms with van der Waals surface area (Å²) in [5, 5.41) is 2.85. The Balaban J connectivity index is 2.29. The Morgan fingerprint density at radius 1 is 1.17 bits per heavy atom. The molecule has 0 radical (unpaired) electrons. The molecule has 1 aliphatic rings. The second kappa shape index (κ2) is 9.66. The molecule has 1 heterocycles. The number of esters is 1. The molecule has 1 saturated heterocycles. The predicted octanol–water partition coefficient (Wildman–Crippen LogP) is 3.21. The van der Waals surface area contributed by atoms with Crippen LogP contribution in [-0.4, -0.2) is 55.4 Å².